The van der Waals surface area contributed by atoms with E-state index in [1.54, 1.807) is 6.07 Å². The Morgan fingerprint density at radius 1 is 0.867 bits per heavy atom. The Hall–Kier alpha value is -1.07. The molecule has 0 aliphatic carbocycles. The van der Waals surface area contributed by atoms with Crippen LogP contribution in [0.25, 0.3) is 10.9 Å². The first-order valence-electron chi connectivity index (χ1n) is 3.41. The van der Waals surface area contributed by atoms with Crippen LogP contribution in [0.5, 0.6) is 5.88 Å². The van der Waals surface area contributed by atoms with Crippen molar-refractivity contribution < 1.29 is 16.1 Å². The molecule has 5 N–H and O–H groups in total. The molecule has 0 radical (unpaired) electrons. The van der Waals surface area contributed by atoms with Crippen molar-refractivity contribution >= 4 is 35.7 Å². The molecule has 0 unspecified atom stereocenters. The second-order valence-corrected chi connectivity index (χ2v) is 2.36. The van der Waals surface area contributed by atoms with Gasteiger partial charge in [0.1, 0.15) is 0 Å². The molecule has 0 atom stereocenters. The normalized spacial score (nSPS) is 7.47. The molecule has 4 nitrogen and oxygen atoms in total. The SMILES string of the molecule is Cl.Cl.O.O.Oc1ccc2ccccc2n1. The van der Waals surface area contributed by atoms with Gasteiger partial charge in [-0.2, -0.15) is 0 Å². The summed E-state index contributed by atoms with van der Waals surface area (Å²) in [5.74, 6) is 0.0729. The molecule has 0 fully saturated rings. The van der Waals surface area contributed by atoms with E-state index in [0.29, 0.717) is 0 Å². The zero-order chi connectivity index (χ0) is 7.68. The molecule has 86 valence electrons. The lowest BCUT2D eigenvalue weighted by molar-refractivity contribution is 0.456. The van der Waals surface area contributed by atoms with Gasteiger partial charge in [0.15, 0.2) is 0 Å². The van der Waals surface area contributed by atoms with E-state index < -0.39 is 0 Å². The number of nitrogens with zero attached hydrogens (tertiary/aromatic N) is 1. The van der Waals surface area contributed by atoms with Gasteiger partial charge in [-0.1, -0.05) is 18.2 Å². The zero-order valence-electron chi connectivity index (χ0n) is 7.68. The number of pyridine rings is 1. The van der Waals surface area contributed by atoms with E-state index in [-0.39, 0.29) is 41.6 Å². The topological polar surface area (TPSA) is 96.1 Å². The van der Waals surface area contributed by atoms with Crippen LogP contribution >= 0.6 is 24.8 Å². The molecule has 15 heavy (non-hydrogen) atoms. The first-order chi connectivity index (χ1) is 5.36. The number of rotatable bonds is 0. The molecule has 0 aliphatic rings. The summed E-state index contributed by atoms with van der Waals surface area (Å²) in [5, 5.41) is 10.1. The van der Waals surface area contributed by atoms with Crippen molar-refractivity contribution in [3.63, 3.8) is 0 Å². The van der Waals surface area contributed by atoms with Gasteiger partial charge in [-0.25, -0.2) is 4.98 Å². The minimum Gasteiger partial charge on any atom is -0.493 e. The highest BCUT2D eigenvalue weighted by atomic mass is 35.5. The van der Waals surface area contributed by atoms with Crippen molar-refractivity contribution in [2.75, 3.05) is 0 Å². The van der Waals surface area contributed by atoms with E-state index in [1.165, 1.54) is 0 Å². The highest BCUT2D eigenvalue weighted by Crippen LogP contribution is 2.14. The van der Waals surface area contributed by atoms with Crippen LogP contribution in [0.3, 0.4) is 0 Å². The van der Waals surface area contributed by atoms with Crippen LogP contribution in [0.2, 0.25) is 0 Å². The molecule has 0 bridgehead atoms. The smallest absolute Gasteiger partial charge is 0.211 e. The lowest BCUT2D eigenvalue weighted by atomic mass is 10.2. The predicted octanol–water partition coefficient (Wildman–Crippen LogP) is 1.13. The highest BCUT2D eigenvalue weighted by molar-refractivity contribution is 5.85. The number of para-hydroxylation sites is 1. The summed E-state index contributed by atoms with van der Waals surface area (Å²) in [4.78, 5) is 3.93. The molecule has 2 aromatic rings. The van der Waals surface area contributed by atoms with Crippen molar-refractivity contribution in [1.29, 1.82) is 0 Å². The molecular weight excluding hydrogens is 241 g/mol. The number of hydrogen-bond donors (Lipinski definition) is 1. The summed E-state index contributed by atoms with van der Waals surface area (Å²) in [6.45, 7) is 0. The van der Waals surface area contributed by atoms with Crippen molar-refractivity contribution in [1.82, 2.24) is 4.98 Å². The van der Waals surface area contributed by atoms with Gasteiger partial charge in [-0.05, 0) is 12.1 Å². The Labute approximate surface area is 99.4 Å². The van der Waals surface area contributed by atoms with E-state index in [9.17, 15) is 0 Å². The molecule has 2 rings (SSSR count). The molecule has 6 heteroatoms. The van der Waals surface area contributed by atoms with Gasteiger partial charge in [-0.15, -0.1) is 24.8 Å². The molecule has 0 spiro atoms. The molecule has 0 amide bonds. The highest BCUT2D eigenvalue weighted by Gasteiger charge is 1.92. The quantitative estimate of drug-likeness (QED) is 0.762. The Bertz CT molecular complexity index is 398. The third kappa shape index (κ3) is 4.31. The molecule has 0 saturated heterocycles. The number of hydrogen-bond acceptors (Lipinski definition) is 2. The van der Waals surface area contributed by atoms with E-state index in [2.05, 4.69) is 4.98 Å². The van der Waals surface area contributed by atoms with Crippen LogP contribution in [-0.4, -0.2) is 21.0 Å². The van der Waals surface area contributed by atoms with Gasteiger partial charge in [0.2, 0.25) is 5.88 Å². The largest absolute Gasteiger partial charge is 0.493 e. The first kappa shape index (κ1) is 19.5. The van der Waals surface area contributed by atoms with Crippen molar-refractivity contribution in [2.24, 2.45) is 0 Å². The predicted molar refractivity (Wildman–Crippen MR) is 65.1 cm³/mol. The fourth-order valence-electron chi connectivity index (χ4n) is 1.06. The second kappa shape index (κ2) is 8.26. The van der Waals surface area contributed by atoms with Crippen molar-refractivity contribution in [3.8, 4) is 5.88 Å². The van der Waals surface area contributed by atoms with Crippen molar-refractivity contribution in [2.45, 2.75) is 0 Å². The standard InChI is InChI=1S/C9H7NO.2ClH.2H2O/c11-9-6-5-7-3-1-2-4-8(7)10-9;;;;/h1-6H,(H,10,11);2*1H;2*1H2. The van der Waals surface area contributed by atoms with Crippen LogP contribution < -0.4 is 0 Å². The average molecular weight is 254 g/mol. The minimum absolute atomic E-state index is 0. The molecule has 0 aliphatic heterocycles. The van der Waals surface area contributed by atoms with Crippen molar-refractivity contribution in [3.05, 3.63) is 36.4 Å². The maximum absolute atomic E-state index is 9.02. The lowest BCUT2D eigenvalue weighted by Crippen LogP contribution is -1.76. The third-order valence-electron chi connectivity index (χ3n) is 1.58. The summed E-state index contributed by atoms with van der Waals surface area (Å²) in [6.07, 6.45) is 0. The monoisotopic (exact) mass is 253 g/mol. The lowest BCUT2D eigenvalue weighted by Gasteiger charge is -1.95. The Balaban J connectivity index is -0.000000360. The fourth-order valence-corrected chi connectivity index (χ4v) is 1.06. The number of aromatic hydroxyl groups is 1. The van der Waals surface area contributed by atoms with Gasteiger partial charge < -0.3 is 16.1 Å². The van der Waals surface area contributed by atoms with Gasteiger partial charge in [0, 0.05) is 11.5 Å². The average Bonchev–Trinajstić information content (AvgIpc) is 2.04. The molecule has 0 saturated carbocycles. The van der Waals surface area contributed by atoms with Gasteiger partial charge >= 0.3 is 0 Å². The maximum Gasteiger partial charge on any atom is 0.211 e. The van der Waals surface area contributed by atoms with Gasteiger partial charge in [-0.3, -0.25) is 0 Å². The first-order valence-corrected chi connectivity index (χ1v) is 3.41. The Morgan fingerprint density at radius 3 is 2.13 bits per heavy atom. The third-order valence-corrected chi connectivity index (χ3v) is 1.58. The van der Waals surface area contributed by atoms with Crippen LogP contribution in [0, 0.1) is 0 Å². The Kier molecular flexibility index (Phi) is 10.7. The number of benzene rings is 1. The summed E-state index contributed by atoms with van der Waals surface area (Å²) in [5.41, 5.74) is 0.826. The summed E-state index contributed by atoms with van der Waals surface area (Å²) < 4.78 is 0. The molecular formula is C9H13Cl2NO3. The maximum atomic E-state index is 9.02. The number of halogens is 2. The van der Waals surface area contributed by atoms with Gasteiger partial charge in [0.25, 0.3) is 0 Å². The van der Waals surface area contributed by atoms with Crippen LogP contribution in [-0.2, 0) is 0 Å². The van der Waals surface area contributed by atoms with Crippen LogP contribution in [0.4, 0.5) is 0 Å². The van der Waals surface area contributed by atoms with E-state index in [1.807, 2.05) is 30.3 Å². The van der Waals surface area contributed by atoms with Crippen LogP contribution in [0.15, 0.2) is 36.4 Å². The Morgan fingerprint density at radius 2 is 1.47 bits per heavy atom. The molecule has 1 aromatic heterocycles. The van der Waals surface area contributed by atoms with E-state index in [4.69, 9.17) is 5.11 Å². The minimum atomic E-state index is 0. The number of aromatic nitrogens is 1. The van der Waals surface area contributed by atoms with E-state index >= 15 is 0 Å². The summed E-state index contributed by atoms with van der Waals surface area (Å²) in [7, 11) is 0. The second-order valence-electron chi connectivity index (χ2n) is 2.36. The van der Waals surface area contributed by atoms with Crippen LogP contribution in [0.1, 0.15) is 0 Å². The molecule has 1 aromatic carbocycles. The summed E-state index contributed by atoms with van der Waals surface area (Å²) >= 11 is 0. The van der Waals surface area contributed by atoms with Gasteiger partial charge in [0.05, 0.1) is 5.52 Å². The van der Waals surface area contributed by atoms with E-state index in [0.717, 1.165) is 10.9 Å². The fraction of sp³-hybridized carbons (Fsp3) is 0. The zero-order valence-corrected chi connectivity index (χ0v) is 9.31. The number of fused-ring (bicyclic) bond motifs is 1. The molecule has 1 heterocycles. The summed E-state index contributed by atoms with van der Waals surface area (Å²) in [6, 6.07) is 11.1.